The first-order chi connectivity index (χ1) is 10.1. The molecule has 0 aliphatic carbocycles. The van der Waals surface area contributed by atoms with E-state index in [1.165, 1.54) is 0 Å². The van der Waals surface area contributed by atoms with E-state index in [1.54, 1.807) is 6.07 Å². The summed E-state index contributed by atoms with van der Waals surface area (Å²) in [4.78, 5) is 12.0. The van der Waals surface area contributed by atoms with Gasteiger partial charge in [0.25, 0.3) is 0 Å². The third-order valence-corrected chi connectivity index (χ3v) is 3.86. The summed E-state index contributed by atoms with van der Waals surface area (Å²) in [6.45, 7) is 4.21. The second-order valence-electron chi connectivity index (χ2n) is 4.65. The average molecular weight is 385 g/mol. The number of ether oxygens (including phenoxy) is 1. The number of carbonyl (C=O) groups is 1. The Bertz CT molecular complexity index is 634. The summed E-state index contributed by atoms with van der Waals surface area (Å²) in [6.07, 6.45) is 0. The number of rotatable bonds is 5. The molecule has 2 aromatic rings. The molecule has 5 heteroatoms. The lowest BCUT2D eigenvalue weighted by atomic mass is 10.0. The molecule has 0 aliphatic rings. The van der Waals surface area contributed by atoms with Gasteiger partial charge in [-0.1, -0.05) is 30.3 Å². The summed E-state index contributed by atoms with van der Waals surface area (Å²) in [5, 5.41) is 3.41. The Balaban J connectivity index is 0.00000242. The Morgan fingerprint density at radius 3 is 2.50 bits per heavy atom. The fraction of sp³-hybridized carbons (Fsp3) is 0.235. The second-order valence-corrected chi connectivity index (χ2v) is 5.51. The minimum atomic E-state index is -0.283. The zero-order chi connectivity index (χ0) is 15.2. The standard InChI is InChI=1S/C17H18BrNO2.ClH/c1-3-21-17(20)14-9-5-4-8-13(14)12(2)19-16-11-7-6-10-15(16)18;/h4-12,19H,3H2,1-2H3;1H/t12-;/m0./s1. The molecule has 0 spiro atoms. The van der Waals surface area contributed by atoms with Crippen LogP contribution in [0, 0.1) is 0 Å². The highest BCUT2D eigenvalue weighted by Crippen LogP contribution is 2.27. The van der Waals surface area contributed by atoms with Gasteiger partial charge in [-0.25, -0.2) is 4.79 Å². The molecule has 0 radical (unpaired) electrons. The maximum absolute atomic E-state index is 12.0. The van der Waals surface area contributed by atoms with Gasteiger partial charge in [-0.05, 0) is 53.5 Å². The van der Waals surface area contributed by atoms with Gasteiger partial charge in [0.2, 0.25) is 0 Å². The molecule has 3 nitrogen and oxygen atoms in total. The SMILES string of the molecule is CCOC(=O)c1ccccc1[C@H](C)Nc1ccccc1Br.Cl. The normalized spacial score (nSPS) is 11.2. The molecular formula is C17H19BrClNO2. The van der Waals surface area contributed by atoms with Crippen molar-refractivity contribution >= 4 is 40.0 Å². The van der Waals surface area contributed by atoms with Gasteiger partial charge in [-0.15, -0.1) is 12.4 Å². The number of para-hydroxylation sites is 1. The van der Waals surface area contributed by atoms with Crippen molar-refractivity contribution in [1.82, 2.24) is 0 Å². The molecule has 0 bridgehead atoms. The molecule has 0 fully saturated rings. The third kappa shape index (κ3) is 4.49. The summed E-state index contributed by atoms with van der Waals surface area (Å²) in [5.41, 5.74) is 2.52. The largest absolute Gasteiger partial charge is 0.462 e. The van der Waals surface area contributed by atoms with Gasteiger partial charge in [-0.2, -0.15) is 0 Å². The van der Waals surface area contributed by atoms with Crippen LogP contribution in [-0.4, -0.2) is 12.6 Å². The highest BCUT2D eigenvalue weighted by atomic mass is 79.9. The zero-order valence-electron chi connectivity index (χ0n) is 12.5. The smallest absolute Gasteiger partial charge is 0.338 e. The quantitative estimate of drug-likeness (QED) is 0.718. The van der Waals surface area contributed by atoms with Crippen LogP contribution in [0.4, 0.5) is 5.69 Å². The van der Waals surface area contributed by atoms with Gasteiger partial charge >= 0.3 is 5.97 Å². The maximum Gasteiger partial charge on any atom is 0.338 e. The van der Waals surface area contributed by atoms with Crippen LogP contribution in [0.5, 0.6) is 0 Å². The highest BCUT2D eigenvalue weighted by molar-refractivity contribution is 9.10. The van der Waals surface area contributed by atoms with Crippen molar-refractivity contribution in [2.24, 2.45) is 0 Å². The molecule has 118 valence electrons. The number of hydrogen-bond acceptors (Lipinski definition) is 3. The molecule has 0 aliphatic heterocycles. The number of esters is 1. The van der Waals surface area contributed by atoms with Crippen LogP contribution < -0.4 is 5.32 Å². The minimum absolute atomic E-state index is 0. The van der Waals surface area contributed by atoms with Crippen molar-refractivity contribution in [1.29, 1.82) is 0 Å². The van der Waals surface area contributed by atoms with Crippen LogP contribution in [0.1, 0.15) is 35.8 Å². The number of hydrogen-bond donors (Lipinski definition) is 1. The number of halogens is 2. The molecule has 0 unspecified atom stereocenters. The maximum atomic E-state index is 12.0. The van der Waals surface area contributed by atoms with Crippen molar-refractivity contribution < 1.29 is 9.53 Å². The molecule has 0 saturated heterocycles. The van der Waals surface area contributed by atoms with Crippen LogP contribution >= 0.6 is 28.3 Å². The predicted molar refractivity (Wildman–Crippen MR) is 95.8 cm³/mol. The number of carbonyl (C=O) groups excluding carboxylic acids is 1. The van der Waals surface area contributed by atoms with Crippen molar-refractivity contribution in [3.63, 3.8) is 0 Å². The lowest BCUT2D eigenvalue weighted by Crippen LogP contribution is -2.14. The number of benzene rings is 2. The minimum Gasteiger partial charge on any atom is -0.462 e. The summed E-state index contributed by atoms with van der Waals surface area (Å²) in [6, 6.07) is 15.4. The fourth-order valence-corrected chi connectivity index (χ4v) is 2.56. The van der Waals surface area contributed by atoms with Crippen LogP contribution in [0.2, 0.25) is 0 Å². The first-order valence-electron chi connectivity index (χ1n) is 6.90. The van der Waals surface area contributed by atoms with Gasteiger partial charge in [0.05, 0.1) is 12.2 Å². The van der Waals surface area contributed by atoms with Gasteiger partial charge in [-0.3, -0.25) is 0 Å². The Morgan fingerprint density at radius 1 is 1.18 bits per heavy atom. The molecule has 0 aromatic heterocycles. The van der Waals surface area contributed by atoms with Crippen molar-refractivity contribution in [3.05, 3.63) is 64.1 Å². The fourth-order valence-electron chi connectivity index (χ4n) is 2.16. The van der Waals surface area contributed by atoms with Gasteiger partial charge < -0.3 is 10.1 Å². The molecule has 0 amide bonds. The van der Waals surface area contributed by atoms with Gasteiger partial charge in [0.15, 0.2) is 0 Å². The lowest BCUT2D eigenvalue weighted by molar-refractivity contribution is 0.0524. The number of anilines is 1. The topological polar surface area (TPSA) is 38.3 Å². The van der Waals surface area contributed by atoms with Gasteiger partial charge in [0.1, 0.15) is 0 Å². The van der Waals surface area contributed by atoms with E-state index in [0.29, 0.717) is 12.2 Å². The van der Waals surface area contributed by atoms with Crippen molar-refractivity contribution in [3.8, 4) is 0 Å². The average Bonchev–Trinajstić information content (AvgIpc) is 2.50. The van der Waals surface area contributed by atoms with Crippen LogP contribution in [0.3, 0.4) is 0 Å². The lowest BCUT2D eigenvalue weighted by Gasteiger charge is -2.19. The molecule has 1 atom stereocenters. The first kappa shape index (κ1) is 18.5. The summed E-state index contributed by atoms with van der Waals surface area (Å²) < 4.78 is 6.11. The number of nitrogens with one attached hydrogen (secondary N) is 1. The van der Waals surface area contributed by atoms with Crippen molar-refractivity contribution in [2.45, 2.75) is 19.9 Å². The van der Waals surface area contributed by atoms with E-state index in [0.717, 1.165) is 15.7 Å². The van der Waals surface area contributed by atoms with E-state index in [-0.39, 0.29) is 24.4 Å². The monoisotopic (exact) mass is 383 g/mol. The molecule has 0 heterocycles. The molecule has 0 saturated carbocycles. The van der Waals surface area contributed by atoms with E-state index in [4.69, 9.17) is 4.74 Å². The van der Waals surface area contributed by atoms with E-state index in [1.807, 2.05) is 56.3 Å². The Kier molecular flexibility index (Phi) is 7.42. The molecular weight excluding hydrogens is 366 g/mol. The van der Waals surface area contributed by atoms with Crippen molar-refractivity contribution in [2.75, 3.05) is 11.9 Å². The molecule has 2 rings (SSSR count). The Hall–Kier alpha value is -1.52. The van der Waals surface area contributed by atoms with E-state index < -0.39 is 0 Å². The molecule has 1 N–H and O–H groups in total. The molecule has 2 aromatic carbocycles. The van der Waals surface area contributed by atoms with Gasteiger partial charge in [0, 0.05) is 16.2 Å². The van der Waals surface area contributed by atoms with E-state index >= 15 is 0 Å². The van der Waals surface area contributed by atoms with Crippen LogP contribution in [-0.2, 0) is 4.74 Å². The summed E-state index contributed by atoms with van der Waals surface area (Å²) in [7, 11) is 0. The molecule has 22 heavy (non-hydrogen) atoms. The Morgan fingerprint density at radius 2 is 1.82 bits per heavy atom. The summed E-state index contributed by atoms with van der Waals surface area (Å²) in [5.74, 6) is -0.283. The van der Waals surface area contributed by atoms with E-state index in [9.17, 15) is 4.79 Å². The first-order valence-corrected chi connectivity index (χ1v) is 7.70. The zero-order valence-corrected chi connectivity index (χ0v) is 14.9. The summed E-state index contributed by atoms with van der Waals surface area (Å²) >= 11 is 3.52. The second kappa shape index (κ2) is 8.81. The van der Waals surface area contributed by atoms with Crippen LogP contribution in [0.15, 0.2) is 53.0 Å². The predicted octanol–water partition coefficient (Wildman–Crippen LogP) is 5.22. The highest BCUT2D eigenvalue weighted by Gasteiger charge is 2.16. The van der Waals surface area contributed by atoms with Crippen LogP contribution in [0.25, 0.3) is 0 Å². The third-order valence-electron chi connectivity index (χ3n) is 3.17. The Labute approximate surface area is 145 Å². The van der Waals surface area contributed by atoms with E-state index in [2.05, 4.69) is 21.2 Å².